The first kappa shape index (κ1) is 12.0. The zero-order valence-corrected chi connectivity index (χ0v) is 10.6. The minimum absolute atomic E-state index is 0.106. The SMILES string of the molecule is Nc1cc2c(cc1NC(=O)N1CCCCC1)OCO2. The van der Waals surface area contributed by atoms with Gasteiger partial charge in [-0.05, 0) is 19.3 Å². The second-order valence-electron chi connectivity index (χ2n) is 4.77. The number of hydrogen-bond acceptors (Lipinski definition) is 4. The molecule has 0 spiro atoms. The van der Waals surface area contributed by atoms with Crippen molar-refractivity contribution in [3.8, 4) is 11.5 Å². The topological polar surface area (TPSA) is 76.8 Å². The van der Waals surface area contributed by atoms with Gasteiger partial charge in [-0.1, -0.05) is 0 Å². The van der Waals surface area contributed by atoms with Gasteiger partial charge >= 0.3 is 6.03 Å². The summed E-state index contributed by atoms with van der Waals surface area (Å²) in [6.45, 7) is 1.80. The minimum Gasteiger partial charge on any atom is -0.454 e. The summed E-state index contributed by atoms with van der Waals surface area (Å²) >= 11 is 0. The highest BCUT2D eigenvalue weighted by Crippen LogP contribution is 2.38. The lowest BCUT2D eigenvalue weighted by atomic mass is 10.1. The molecule has 0 aromatic heterocycles. The van der Waals surface area contributed by atoms with E-state index in [1.165, 1.54) is 6.42 Å². The van der Waals surface area contributed by atoms with E-state index in [0.29, 0.717) is 22.9 Å². The average molecular weight is 263 g/mol. The van der Waals surface area contributed by atoms with Crippen molar-refractivity contribution in [3.05, 3.63) is 12.1 Å². The number of nitrogens with two attached hydrogens (primary N) is 1. The summed E-state index contributed by atoms with van der Waals surface area (Å²) in [5.74, 6) is 1.23. The normalized spacial score (nSPS) is 17.4. The van der Waals surface area contributed by atoms with Crippen molar-refractivity contribution in [2.75, 3.05) is 30.9 Å². The van der Waals surface area contributed by atoms with Crippen LogP contribution in [-0.4, -0.2) is 30.8 Å². The monoisotopic (exact) mass is 263 g/mol. The summed E-state index contributed by atoms with van der Waals surface area (Å²) in [4.78, 5) is 13.9. The smallest absolute Gasteiger partial charge is 0.321 e. The molecule has 6 nitrogen and oxygen atoms in total. The first-order chi connectivity index (χ1) is 9.24. The Morgan fingerprint density at radius 3 is 2.58 bits per heavy atom. The third-order valence-corrected chi connectivity index (χ3v) is 3.43. The molecule has 1 aromatic rings. The van der Waals surface area contributed by atoms with Crippen LogP contribution in [0.4, 0.5) is 16.2 Å². The summed E-state index contributed by atoms with van der Waals surface area (Å²) in [7, 11) is 0. The highest BCUT2D eigenvalue weighted by molar-refractivity contribution is 5.93. The van der Waals surface area contributed by atoms with Gasteiger partial charge < -0.3 is 25.4 Å². The Morgan fingerprint density at radius 2 is 1.84 bits per heavy atom. The Bertz CT molecular complexity index is 498. The standard InChI is InChI=1S/C13H17N3O3/c14-9-6-11-12(19-8-18-11)7-10(9)15-13(17)16-4-2-1-3-5-16/h6-7H,1-5,8,14H2,(H,15,17). The van der Waals surface area contributed by atoms with Gasteiger partial charge in [0.2, 0.25) is 6.79 Å². The van der Waals surface area contributed by atoms with E-state index in [1.54, 1.807) is 12.1 Å². The maximum atomic E-state index is 12.1. The van der Waals surface area contributed by atoms with Gasteiger partial charge in [0.15, 0.2) is 11.5 Å². The van der Waals surface area contributed by atoms with Crippen molar-refractivity contribution in [2.24, 2.45) is 0 Å². The molecule has 0 bridgehead atoms. The zero-order chi connectivity index (χ0) is 13.2. The molecule has 19 heavy (non-hydrogen) atoms. The Kier molecular flexibility index (Phi) is 3.06. The zero-order valence-electron chi connectivity index (χ0n) is 10.6. The molecule has 102 valence electrons. The molecule has 0 saturated carbocycles. The van der Waals surface area contributed by atoms with Gasteiger partial charge in [0.25, 0.3) is 0 Å². The van der Waals surface area contributed by atoms with Crippen LogP contribution in [0.5, 0.6) is 11.5 Å². The van der Waals surface area contributed by atoms with E-state index < -0.39 is 0 Å². The van der Waals surface area contributed by atoms with E-state index in [4.69, 9.17) is 15.2 Å². The number of anilines is 2. The van der Waals surface area contributed by atoms with Crippen LogP contribution in [-0.2, 0) is 0 Å². The molecule has 2 aliphatic heterocycles. The minimum atomic E-state index is -0.106. The highest BCUT2D eigenvalue weighted by Gasteiger charge is 2.20. The number of nitrogen functional groups attached to an aromatic ring is 1. The molecule has 1 saturated heterocycles. The second kappa shape index (κ2) is 4.87. The van der Waals surface area contributed by atoms with Crippen LogP contribution >= 0.6 is 0 Å². The molecule has 0 aliphatic carbocycles. The van der Waals surface area contributed by atoms with Gasteiger partial charge in [-0.15, -0.1) is 0 Å². The van der Waals surface area contributed by atoms with Crippen molar-refractivity contribution in [1.82, 2.24) is 4.90 Å². The number of nitrogens with one attached hydrogen (secondary N) is 1. The fourth-order valence-electron chi connectivity index (χ4n) is 2.36. The molecule has 6 heteroatoms. The third-order valence-electron chi connectivity index (χ3n) is 3.43. The van der Waals surface area contributed by atoms with E-state index in [1.807, 2.05) is 4.90 Å². The lowest BCUT2D eigenvalue weighted by Crippen LogP contribution is -2.38. The first-order valence-corrected chi connectivity index (χ1v) is 6.49. The number of carbonyl (C=O) groups is 1. The van der Waals surface area contributed by atoms with Crippen LogP contribution in [0, 0.1) is 0 Å². The number of benzene rings is 1. The average Bonchev–Trinajstić information content (AvgIpc) is 2.87. The summed E-state index contributed by atoms with van der Waals surface area (Å²) in [6, 6.07) is 3.28. The summed E-state index contributed by atoms with van der Waals surface area (Å²) < 4.78 is 10.5. The number of carbonyl (C=O) groups excluding carboxylic acids is 1. The Labute approximate surface area is 111 Å². The molecule has 1 fully saturated rings. The van der Waals surface area contributed by atoms with E-state index in [0.717, 1.165) is 25.9 Å². The molecule has 3 rings (SSSR count). The van der Waals surface area contributed by atoms with Gasteiger partial charge in [-0.3, -0.25) is 0 Å². The first-order valence-electron chi connectivity index (χ1n) is 6.49. The quantitative estimate of drug-likeness (QED) is 0.760. The number of urea groups is 1. The number of piperidine rings is 1. The molecule has 3 N–H and O–H groups in total. The second-order valence-corrected chi connectivity index (χ2v) is 4.77. The highest BCUT2D eigenvalue weighted by atomic mass is 16.7. The van der Waals surface area contributed by atoms with Crippen molar-refractivity contribution in [3.63, 3.8) is 0 Å². The predicted octanol–water partition coefficient (Wildman–Crippen LogP) is 2.02. The fraction of sp³-hybridized carbons (Fsp3) is 0.462. The Hall–Kier alpha value is -2.11. The largest absolute Gasteiger partial charge is 0.454 e. The number of amides is 2. The summed E-state index contributed by atoms with van der Waals surface area (Å²) in [5.41, 5.74) is 6.95. The van der Waals surface area contributed by atoms with Crippen LogP contribution < -0.4 is 20.5 Å². The van der Waals surface area contributed by atoms with E-state index >= 15 is 0 Å². The molecular weight excluding hydrogens is 246 g/mol. The fourth-order valence-corrected chi connectivity index (χ4v) is 2.36. The number of ether oxygens (including phenoxy) is 2. The van der Waals surface area contributed by atoms with Crippen LogP contribution in [0.1, 0.15) is 19.3 Å². The number of nitrogens with zero attached hydrogens (tertiary/aromatic N) is 1. The number of fused-ring (bicyclic) bond motifs is 1. The molecular formula is C13H17N3O3. The van der Waals surface area contributed by atoms with Crippen LogP contribution in [0.3, 0.4) is 0 Å². The number of rotatable bonds is 1. The van der Waals surface area contributed by atoms with E-state index in [2.05, 4.69) is 5.32 Å². The maximum Gasteiger partial charge on any atom is 0.321 e. The van der Waals surface area contributed by atoms with Crippen molar-refractivity contribution in [1.29, 1.82) is 0 Å². The molecule has 2 amide bonds. The number of hydrogen-bond donors (Lipinski definition) is 2. The van der Waals surface area contributed by atoms with Crippen molar-refractivity contribution >= 4 is 17.4 Å². The van der Waals surface area contributed by atoms with E-state index in [-0.39, 0.29) is 12.8 Å². The molecule has 2 heterocycles. The molecule has 0 unspecified atom stereocenters. The van der Waals surface area contributed by atoms with Gasteiger partial charge in [-0.25, -0.2) is 4.79 Å². The van der Waals surface area contributed by atoms with Gasteiger partial charge in [0.1, 0.15) is 0 Å². The lowest BCUT2D eigenvalue weighted by Gasteiger charge is -2.27. The van der Waals surface area contributed by atoms with E-state index in [9.17, 15) is 4.79 Å². The van der Waals surface area contributed by atoms with Crippen molar-refractivity contribution in [2.45, 2.75) is 19.3 Å². The Morgan fingerprint density at radius 1 is 1.16 bits per heavy atom. The maximum absolute atomic E-state index is 12.1. The van der Waals surface area contributed by atoms with Crippen molar-refractivity contribution < 1.29 is 14.3 Å². The molecule has 0 atom stereocenters. The van der Waals surface area contributed by atoms with Gasteiger partial charge in [0, 0.05) is 25.2 Å². The molecule has 1 aromatic carbocycles. The predicted molar refractivity (Wildman–Crippen MR) is 71.4 cm³/mol. The van der Waals surface area contributed by atoms with Crippen LogP contribution in [0.15, 0.2) is 12.1 Å². The van der Waals surface area contributed by atoms with Crippen LogP contribution in [0.25, 0.3) is 0 Å². The van der Waals surface area contributed by atoms with Crippen LogP contribution in [0.2, 0.25) is 0 Å². The summed E-state index contributed by atoms with van der Waals surface area (Å²) in [5, 5.41) is 2.84. The summed E-state index contributed by atoms with van der Waals surface area (Å²) in [6.07, 6.45) is 3.31. The molecule has 2 aliphatic rings. The number of likely N-dealkylation sites (tertiary alicyclic amines) is 1. The van der Waals surface area contributed by atoms with Gasteiger partial charge in [0.05, 0.1) is 11.4 Å². The lowest BCUT2D eigenvalue weighted by molar-refractivity contribution is 0.174. The third kappa shape index (κ3) is 2.38. The van der Waals surface area contributed by atoms with Gasteiger partial charge in [-0.2, -0.15) is 0 Å². The Balaban J connectivity index is 1.74. The molecule has 0 radical (unpaired) electrons.